The summed E-state index contributed by atoms with van der Waals surface area (Å²) in [5.41, 5.74) is -1.06. The van der Waals surface area contributed by atoms with E-state index in [-0.39, 0.29) is 50.8 Å². The largest absolute Gasteiger partial charge is 0.435 e. The van der Waals surface area contributed by atoms with Crippen LogP contribution in [0.25, 0.3) is 5.65 Å². The molecule has 32 heavy (non-hydrogen) atoms. The summed E-state index contributed by atoms with van der Waals surface area (Å²) in [4.78, 5) is 23.3. The zero-order valence-corrected chi connectivity index (χ0v) is 18.9. The van der Waals surface area contributed by atoms with Gasteiger partial charge in [0.2, 0.25) is 0 Å². The number of H-pyrrole nitrogens is 1. The third-order valence-corrected chi connectivity index (χ3v) is 5.82. The molecule has 168 valence electrons. The Morgan fingerprint density at radius 3 is 2.53 bits per heavy atom. The molecule has 0 saturated carbocycles. The SMILES string of the molecule is Cl.O=C(Nc1cccn2c(CSc3ncc[nH]3)c(C(F)(F)F)nc12)c1c(Cl)cccc1Cl. The number of aromatic nitrogens is 4. The highest BCUT2D eigenvalue weighted by Crippen LogP contribution is 2.36. The van der Waals surface area contributed by atoms with E-state index in [1.807, 2.05) is 0 Å². The topological polar surface area (TPSA) is 75.1 Å². The molecule has 0 aliphatic heterocycles. The maximum absolute atomic E-state index is 13.7. The first kappa shape index (κ1) is 24.2. The molecule has 0 unspecified atom stereocenters. The molecule has 6 nitrogen and oxygen atoms in total. The number of anilines is 1. The fourth-order valence-corrected chi connectivity index (χ4v) is 4.35. The molecule has 0 saturated heterocycles. The Morgan fingerprint density at radius 2 is 1.91 bits per heavy atom. The highest BCUT2D eigenvalue weighted by Gasteiger charge is 2.38. The second-order valence-corrected chi connectivity index (χ2v) is 8.03. The highest BCUT2D eigenvalue weighted by atomic mass is 35.5. The van der Waals surface area contributed by atoms with Crippen molar-refractivity contribution in [3.63, 3.8) is 0 Å². The number of hydrogen-bond acceptors (Lipinski definition) is 4. The van der Waals surface area contributed by atoms with Crippen molar-refractivity contribution >= 4 is 64.6 Å². The molecule has 13 heteroatoms. The van der Waals surface area contributed by atoms with Crippen LogP contribution in [0.3, 0.4) is 0 Å². The number of thioether (sulfide) groups is 1. The number of rotatable bonds is 5. The average molecular weight is 523 g/mol. The number of aromatic amines is 1. The lowest BCUT2D eigenvalue weighted by molar-refractivity contribution is -0.141. The van der Waals surface area contributed by atoms with Crippen LogP contribution in [0.5, 0.6) is 0 Å². The summed E-state index contributed by atoms with van der Waals surface area (Å²) in [7, 11) is 0. The molecule has 0 aliphatic rings. The summed E-state index contributed by atoms with van der Waals surface area (Å²) >= 11 is 13.2. The van der Waals surface area contributed by atoms with Crippen LogP contribution >= 0.6 is 47.4 Å². The van der Waals surface area contributed by atoms with Gasteiger partial charge in [0.15, 0.2) is 16.5 Å². The molecule has 0 aliphatic carbocycles. The van der Waals surface area contributed by atoms with Crippen molar-refractivity contribution in [3.8, 4) is 0 Å². The zero-order valence-electron chi connectivity index (χ0n) is 15.8. The van der Waals surface area contributed by atoms with Gasteiger partial charge < -0.3 is 14.7 Å². The Bertz CT molecular complexity index is 1240. The van der Waals surface area contributed by atoms with E-state index in [0.717, 1.165) is 11.8 Å². The number of fused-ring (bicyclic) bond motifs is 1. The number of nitrogens with zero attached hydrogens (tertiary/aromatic N) is 3. The van der Waals surface area contributed by atoms with Crippen molar-refractivity contribution in [2.75, 3.05) is 5.32 Å². The maximum Gasteiger partial charge on any atom is 0.435 e. The first-order chi connectivity index (χ1) is 14.8. The van der Waals surface area contributed by atoms with Gasteiger partial charge >= 0.3 is 6.18 Å². The highest BCUT2D eigenvalue weighted by molar-refractivity contribution is 7.98. The summed E-state index contributed by atoms with van der Waals surface area (Å²) in [5.74, 6) is -0.705. The van der Waals surface area contributed by atoms with Crippen molar-refractivity contribution < 1.29 is 18.0 Å². The standard InChI is InChI=1S/C19H12Cl2F3N5OS.ClH/c20-10-3-1-4-11(21)14(10)17(30)27-12-5-2-8-29-13(9-31-18-25-6-7-26-18)15(19(22,23)24)28-16(12)29;/h1-8H,9H2,(H,25,26)(H,27,30);1H. The van der Waals surface area contributed by atoms with Crippen LogP contribution in [0.15, 0.2) is 54.1 Å². The molecular weight excluding hydrogens is 510 g/mol. The minimum Gasteiger partial charge on any atom is -0.340 e. The molecule has 2 N–H and O–H groups in total. The van der Waals surface area contributed by atoms with E-state index in [1.54, 1.807) is 12.3 Å². The molecule has 0 atom stereocenters. The summed E-state index contributed by atoms with van der Waals surface area (Å²) < 4.78 is 42.4. The molecule has 3 aromatic heterocycles. The lowest BCUT2D eigenvalue weighted by atomic mass is 10.2. The number of benzene rings is 1. The summed E-state index contributed by atoms with van der Waals surface area (Å²) in [6, 6.07) is 7.53. The van der Waals surface area contributed by atoms with Gasteiger partial charge in [-0.1, -0.05) is 41.0 Å². The van der Waals surface area contributed by atoms with Gasteiger partial charge in [0.1, 0.15) is 0 Å². The second-order valence-electron chi connectivity index (χ2n) is 6.25. The van der Waals surface area contributed by atoms with Crippen molar-refractivity contribution in [2.24, 2.45) is 0 Å². The van der Waals surface area contributed by atoms with Crippen LogP contribution in [0.4, 0.5) is 18.9 Å². The van der Waals surface area contributed by atoms with Gasteiger partial charge in [-0.2, -0.15) is 13.2 Å². The molecule has 1 aromatic carbocycles. The number of carbonyl (C=O) groups excluding carboxylic acids is 1. The Morgan fingerprint density at radius 1 is 1.19 bits per heavy atom. The van der Waals surface area contributed by atoms with Crippen molar-refractivity contribution in [1.29, 1.82) is 0 Å². The zero-order chi connectivity index (χ0) is 22.2. The van der Waals surface area contributed by atoms with Crippen LogP contribution < -0.4 is 5.32 Å². The Hall–Kier alpha value is -2.40. The van der Waals surface area contributed by atoms with E-state index in [1.165, 1.54) is 41.1 Å². The number of pyridine rings is 1. The van der Waals surface area contributed by atoms with Crippen LogP contribution in [-0.4, -0.2) is 25.3 Å². The van der Waals surface area contributed by atoms with E-state index in [9.17, 15) is 18.0 Å². The third-order valence-electron chi connectivity index (χ3n) is 4.27. The predicted octanol–water partition coefficient (Wildman–Crippen LogP) is 6.35. The molecule has 0 radical (unpaired) electrons. The van der Waals surface area contributed by atoms with E-state index >= 15 is 0 Å². The maximum atomic E-state index is 13.7. The van der Waals surface area contributed by atoms with Gasteiger partial charge in [-0.05, 0) is 24.3 Å². The smallest absolute Gasteiger partial charge is 0.340 e. The summed E-state index contributed by atoms with van der Waals surface area (Å²) in [6.45, 7) is 0. The van der Waals surface area contributed by atoms with E-state index < -0.39 is 17.8 Å². The molecular formula is C19H13Cl3F3N5OS. The Balaban J connectivity index is 0.00000289. The Kier molecular flexibility index (Phi) is 7.29. The normalized spacial score (nSPS) is 11.4. The van der Waals surface area contributed by atoms with E-state index in [0.29, 0.717) is 5.16 Å². The van der Waals surface area contributed by atoms with E-state index in [4.69, 9.17) is 23.2 Å². The first-order valence-electron chi connectivity index (χ1n) is 8.70. The number of nitrogens with one attached hydrogen (secondary N) is 2. The second kappa shape index (κ2) is 9.62. The lowest BCUT2D eigenvalue weighted by Gasteiger charge is -2.10. The molecule has 1 amide bonds. The number of hydrogen-bond donors (Lipinski definition) is 2. The summed E-state index contributed by atoms with van der Waals surface area (Å²) in [6.07, 6.45) is -0.143. The lowest BCUT2D eigenvalue weighted by Crippen LogP contribution is -2.14. The summed E-state index contributed by atoms with van der Waals surface area (Å²) in [5, 5.41) is 3.27. The van der Waals surface area contributed by atoms with Crippen LogP contribution in [0.2, 0.25) is 10.0 Å². The number of halogens is 6. The molecule has 0 spiro atoms. The molecule has 4 aromatic rings. The predicted molar refractivity (Wildman–Crippen MR) is 120 cm³/mol. The van der Waals surface area contributed by atoms with Gasteiger partial charge in [-0.25, -0.2) is 9.97 Å². The monoisotopic (exact) mass is 521 g/mol. The molecule has 4 rings (SSSR count). The van der Waals surface area contributed by atoms with Crippen LogP contribution in [0.1, 0.15) is 21.7 Å². The quantitative estimate of drug-likeness (QED) is 0.300. The number of imidazole rings is 2. The van der Waals surface area contributed by atoms with Gasteiger partial charge in [0.25, 0.3) is 5.91 Å². The minimum absolute atomic E-state index is 0. The number of alkyl halides is 3. The fraction of sp³-hybridized carbons (Fsp3) is 0.105. The van der Waals surface area contributed by atoms with Gasteiger partial charge in [-0.15, -0.1) is 12.4 Å². The third kappa shape index (κ3) is 4.83. The molecule has 0 fully saturated rings. The van der Waals surface area contributed by atoms with Crippen molar-refractivity contribution in [3.05, 3.63) is 75.9 Å². The average Bonchev–Trinajstić information content (AvgIpc) is 3.34. The molecule has 0 bridgehead atoms. The van der Waals surface area contributed by atoms with E-state index in [2.05, 4.69) is 20.3 Å². The van der Waals surface area contributed by atoms with Crippen molar-refractivity contribution in [1.82, 2.24) is 19.4 Å². The van der Waals surface area contributed by atoms with Crippen LogP contribution in [0, 0.1) is 0 Å². The minimum atomic E-state index is -4.68. The number of amides is 1. The van der Waals surface area contributed by atoms with Gasteiger partial charge in [0, 0.05) is 24.3 Å². The van der Waals surface area contributed by atoms with Crippen molar-refractivity contribution in [2.45, 2.75) is 17.1 Å². The fourth-order valence-electron chi connectivity index (χ4n) is 2.95. The Labute approximate surface area is 199 Å². The first-order valence-corrected chi connectivity index (χ1v) is 10.4. The molecule has 3 heterocycles. The van der Waals surface area contributed by atoms with Gasteiger partial charge in [-0.3, -0.25) is 4.79 Å². The van der Waals surface area contributed by atoms with Crippen LogP contribution in [-0.2, 0) is 11.9 Å². The van der Waals surface area contributed by atoms with Gasteiger partial charge in [0.05, 0.1) is 27.0 Å². The number of carbonyl (C=O) groups is 1.